The van der Waals surface area contributed by atoms with E-state index in [4.69, 9.17) is 11.5 Å². The Morgan fingerprint density at radius 3 is 2.94 bits per heavy atom. The summed E-state index contributed by atoms with van der Waals surface area (Å²) in [6.07, 6.45) is 1.75. The van der Waals surface area contributed by atoms with Gasteiger partial charge in [0.05, 0.1) is 0 Å². The average Bonchev–Trinajstić information content (AvgIpc) is 2.28. The molecule has 1 aromatic heterocycles. The lowest BCUT2D eigenvalue weighted by molar-refractivity contribution is 1.01. The van der Waals surface area contributed by atoms with Gasteiger partial charge >= 0.3 is 0 Å². The first kappa shape index (κ1) is 11.2. The quantitative estimate of drug-likeness (QED) is 0.751. The van der Waals surface area contributed by atoms with E-state index in [0.29, 0.717) is 13.1 Å². The van der Waals surface area contributed by atoms with Crippen LogP contribution in [-0.4, -0.2) is 18.1 Å². The Bertz CT molecular complexity index is 504. The van der Waals surface area contributed by atoms with E-state index in [2.05, 4.69) is 26.2 Å². The molecule has 2 rings (SSSR count). The van der Waals surface area contributed by atoms with E-state index < -0.39 is 0 Å². The van der Waals surface area contributed by atoms with Crippen LogP contribution in [-0.2, 0) is 0 Å². The zero-order valence-corrected chi connectivity index (χ0v) is 10.3. The van der Waals surface area contributed by atoms with Crippen molar-refractivity contribution in [3.8, 4) is 0 Å². The monoisotopic (exact) mass is 280 g/mol. The molecule has 84 valence electrons. The number of anilines is 2. The van der Waals surface area contributed by atoms with Crippen LogP contribution in [0.2, 0.25) is 0 Å². The molecule has 1 heterocycles. The number of nitrogen functional groups attached to an aromatic ring is 1. The number of aromatic nitrogens is 1. The maximum absolute atomic E-state index is 5.94. The van der Waals surface area contributed by atoms with Gasteiger partial charge in [-0.3, -0.25) is 0 Å². The third-order valence-electron chi connectivity index (χ3n) is 2.33. The van der Waals surface area contributed by atoms with Crippen LogP contribution in [0.15, 0.2) is 28.9 Å². The highest BCUT2D eigenvalue weighted by atomic mass is 79.9. The van der Waals surface area contributed by atoms with Gasteiger partial charge in [0.15, 0.2) is 0 Å². The number of pyridine rings is 1. The van der Waals surface area contributed by atoms with Crippen LogP contribution < -0.4 is 16.8 Å². The van der Waals surface area contributed by atoms with Gasteiger partial charge in [-0.05, 0) is 22.0 Å². The maximum Gasteiger partial charge on any atom is 0.134 e. The van der Waals surface area contributed by atoms with Gasteiger partial charge in [0.25, 0.3) is 0 Å². The molecule has 1 aromatic carbocycles. The van der Waals surface area contributed by atoms with Gasteiger partial charge < -0.3 is 16.8 Å². The van der Waals surface area contributed by atoms with Crippen LogP contribution in [0.5, 0.6) is 0 Å². The highest BCUT2D eigenvalue weighted by Gasteiger charge is 2.07. The molecule has 5 N–H and O–H groups in total. The first-order valence-electron chi connectivity index (χ1n) is 5.00. The minimum absolute atomic E-state index is 0.571. The Hall–Kier alpha value is -1.33. The maximum atomic E-state index is 5.94. The molecule has 0 aliphatic heterocycles. The summed E-state index contributed by atoms with van der Waals surface area (Å²) >= 11 is 3.46. The minimum atomic E-state index is 0.571. The second-order valence-electron chi connectivity index (χ2n) is 3.44. The van der Waals surface area contributed by atoms with E-state index in [1.54, 1.807) is 6.20 Å². The lowest BCUT2D eigenvalue weighted by atomic mass is 10.1. The number of rotatable bonds is 3. The first-order valence-corrected chi connectivity index (χ1v) is 5.80. The molecule has 0 amide bonds. The summed E-state index contributed by atoms with van der Waals surface area (Å²) in [4.78, 5) is 4.32. The molecule has 0 fully saturated rings. The van der Waals surface area contributed by atoms with E-state index in [1.165, 1.54) is 0 Å². The Kier molecular flexibility index (Phi) is 3.26. The normalized spacial score (nSPS) is 10.6. The number of benzene rings is 1. The van der Waals surface area contributed by atoms with Gasteiger partial charge in [-0.15, -0.1) is 0 Å². The van der Waals surface area contributed by atoms with Crippen molar-refractivity contribution >= 4 is 38.2 Å². The smallest absolute Gasteiger partial charge is 0.134 e. The largest absolute Gasteiger partial charge is 0.398 e. The molecule has 0 aliphatic rings. The van der Waals surface area contributed by atoms with Crippen molar-refractivity contribution in [1.82, 2.24) is 4.98 Å². The fourth-order valence-electron chi connectivity index (χ4n) is 1.62. The Balaban J connectivity index is 2.60. The van der Waals surface area contributed by atoms with Gasteiger partial charge in [-0.2, -0.15) is 0 Å². The van der Waals surface area contributed by atoms with Gasteiger partial charge in [0.1, 0.15) is 5.82 Å². The summed E-state index contributed by atoms with van der Waals surface area (Å²) in [7, 11) is 0. The average molecular weight is 281 g/mol. The van der Waals surface area contributed by atoms with E-state index in [9.17, 15) is 0 Å². The predicted molar refractivity (Wildman–Crippen MR) is 71.4 cm³/mol. The van der Waals surface area contributed by atoms with E-state index >= 15 is 0 Å². The molecule has 0 aliphatic carbocycles. The zero-order valence-electron chi connectivity index (χ0n) is 8.70. The summed E-state index contributed by atoms with van der Waals surface area (Å²) < 4.78 is 0.902. The number of hydrogen-bond donors (Lipinski definition) is 3. The van der Waals surface area contributed by atoms with Gasteiger partial charge in [0.2, 0.25) is 0 Å². The van der Waals surface area contributed by atoms with Gasteiger partial charge in [-0.1, -0.05) is 12.1 Å². The van der Waals surface area contributed by atoms with Crippen LogP contribution in [0.3, 0.4) is 0 Å². The molecule has 0 unspecified atom stereocenters. The number of halogens is 1. The molecule has 0 atom stereocenters. The number of hydrogen-bond acceptors (Lipinski definition) is 4. The molecule has 16 heavy (non-hydrogen) atoms. The van der Waals surface area contributed by atoms with Crippen molar-refractivity contribution in [1.29, 1.82) is 0 Å². The standard InChI is InChI=1S/C11H13BrN4/c12-8-6-16-11(15-5-4-13)7-2-1-3-9(14)10(7)8/h1-3,6H,4-5,13-14H2,(H,15,16). The van der Waals surface area contributed by atoms with Crippen LogP contribution in [0.1, 0.15) is 0 Å². The Morgan fingerprint density at radius 2 is 2.19 bits per heavy atom. The summed E-state index contributed by atoms with van der Waals surface area (Å²) in [5.74, 6) is 0.816. The third-order valence-corrected chi connectivity index (χ3v) is 2.94. The summed E-state index contributed by atoms with van der Waals surface area (Å²) in [6.45, 7) is 1.26. The molecular weight excluding hydrogens is 268 g/mol. The van der Waals surface area contributed by atoms with Crippen molar-refractivity contribution in [2.75, 3.05) is 24.1 Å². The summed E-state index contributed by atoms with van der Waals surface area (Å²) in [5.41, 5.74) is 12.1. The van der Waals surface area contributed by atoms with Crippen molar-refractivity contribution in [2.45, 2.75) is 0 Å². The van der Waals surface area contributed by atoms with E-state index in [-0.39, 0.29) is 0 Å². The second-order valence-corrected chi connectivity index (χ2v) is 4.29. The first-order chi connectivity index (χ1) is 7.74. The molecule has 0 saturated carbocycles. The predicted octanol–water partition coefficient (Wildman–Crippen LogP) is 1.95. The number of nitrogens with two attached hydrogens (primary N) is 2. The lowest BCUT2D eigenvalue weighted by Crippen LogP contribution is -2.14. The summed E-state index contributed by atoms with van der Waals surface area (Å²) in [6, 6.07) is 5.78. The van der Waals surface area contributed by atoms with Crippen LogP contribution in [0.4, 0.5) is 11.5 Å². The SMILES string of the molecule is NCCNc1ncc(Br)c2c(N)cccc12. The highest BCUT2D eigenvalue weighted by molar-refractivity contribution is 9.10. The third kappa shape index (κ3) is 1.96. The molecule has 0 spiro atoms. The molecule has 4 nitrogen and oxygen atoms in total. The molecule has 5 heteroatoms. The van der Waals surface area contributed by atoms with E-state index in [1.807, 2.05) is 18.2 Å². The number of nitrogens with one attached hydrogen (secondary N) is 1. The van der Waals surface area contributed by atoms with E-state index in [0.717, 1.165) is 26.8 Å². The Morgan fingerprint density at radius 1 is 1.38 bits per heavy atom. The molecule has 0 saturated heterocycles. The molecular formula is C11H13BrN4. The Labute approximate surface area is 102 Å². The van der Waals surface area contributed by atoms with Crippen molar-refractivity contribution in [2.24, 2.45) is 5.73 Å². The molecule has 0 bridgehead atoms. The fourth-order valence-corrected chi connectivity index (χ4v) is 2.17. The zero-order chi connectivity index (χ0) is 11.5. The van der Waals surface area contributed by atoms with Crippen molar-refractivity contribution in [3.63, 3.8) is 0 Å². The fraction of sp³-hybridized carbons (Fsp3) is 0.182. The number of nitrogens with zero attached hydrogens (tertiary/aromatic N) is 1. The minimum Gasteiger partial charge on any atom is -0.398 e. The topological polar surface area (TPSA) is 77.0 Å². The van der Waals surface area contributed by atoms with Gasteiger partial charge in [0, 0.05) is 40.2 Å². The second kappa shape index (κ2) is 4.67. The summed E-state index contributed by atoms with van der Waals surface area (Å²) in [5, 5.41) is 5.17. The number of fused-ring (bicyclic) bond motifs is 1. The van der Waals surface area contributed by atoms with Gasteiger partial charge in [-0.25, -0.2) is 4.98 Å². The van der Waals surface area contributed by atoms with Crippen LogP contribution >= 0.6 is 15.9 Å². The molecule has 2 aromatic rings. The highest BCUT2D eigenvalue weighted by Crippen LogP contribution is 2.32. The van der Waals surface area contributed by atoms with Crippen LogP contribution in [0, 0.1) is 0 Å². The van der Waals surface area contributed by atoms with Crippen molar-refractivity contribution in [3.05, 3.63) is 28.9 Å². The lowest BCUT2D eigenvalue weighted by Gasteiger charge is -2.10. The molecule has 0 radical (unpaired) electrons. The van der Waals surface area contributed by atoms with Crippen LogP contribution in [0.25, 0.3) is 10.8 Å². The van der Waals surface area contributed by atoms with Crippen molar-refractivity contribution < 1.29 is 0 Å².